The minimum absolute atomic E-state index is 0.0278. The van der Waals surface area contributed by atoms with Crippen LogP contribution < -0.4 is 9.80 Å². The largest absolute Gasteiger partial charge is 0.368 e. The molecule has 0 spiro atoms. The third kappa shape index (κ3) is 4.86. The zero-order valence-electron chi connectivity index (χ0n) is 18.2. The molecule has 0 radical (unpaired) electrons. The lowest BCUT2D eigenvalue weighted by Gasteiger charge is -2.37. The highest BCUT2D eigenvalue weighted by Gasteiger charge is 2.21. The molecular weight excluding hydrogens is 362 g/mol. The molecule has 156 valence electrons. The number of carbonyl (C=O) groups is 1. The van der Waals surface area contributed by atoms with Gasteiger partial charge in [-0.1, -0.05) is 26.0 Å². The Hall–Kier alpha value is -2.63. The number of nitrogens with zero attached hydrogens (tertiary/aromatic N) is 5. The monoisotopic (exact) mass is 395 g/mol. The van der Waals surface area contributed by atoms with Gasteiger partial charge in [0.05, 0.1) is 5.56 Å². The molecule has 1 fully saturated rings. The van der Waals surface area contributed by atoms with Crippen molar-refractivity contribution < 1.29 is 4.79 Å². The number of rotatable bonds is 7. The smallest absolute Gasteiger partial charge is 0.256 e. The molecule has 2 aromatic rings. The number of amides is 1. The van der Waals surface area contributed by atoms with Gasteiger partial charge in [-0.2, -0.15) is 0 Å². The Balaban J connectivity index is 1.63. The fourth-order valence-electron chi connectivity index (χ4n) is 3.86. The molecule has 0 saturated carbocycles. The van der Waals surface area contributed by atoms with Crippen LogP contribution in [0, 0.1) is 13.8 Å². The van der Waals surface area contributed by atoms with Crippen molar-refractivity contribution in [1.29, 1.82) is 0 Å². The first kappa shape index (κ1) is 21.1. The van der Waals surface area contributed by atoms with Gasteiger partial charge < -0.3 is 14.7 Å². The second-order valence-electron chi connectivity index (χ2n) is 7.76. The number of piperazine rings is 1. The molecule has 2 heterocycles. The number of benzene rings is 1. The zero-order valence-corrected chi connectivity index (χ0v) is 18.2. The summed E-state index contributed by atoms with van der Waals surface area (Å²) in [6.07, 6.45) is 5.27. The third-order valence-electron chi connectivity index (χ3n) is 5.64. The van der Waals surface area contributed by atoms with Crippen molar-refractivity contribution in [2.24, 2.45) is 0 Å². The summed E-state index contributed by atoms with van der Waals surface area (Å²) < 4.78 is 0. The first-order chi connectivity index (χ1) is 14.0. The van der Waals surface area contributed by atoms with Crippen LogP contribution in [0.5, 0.6) is 0 Å². The molecule has 0 unspecified atom stereocenters. The van der Waals surface area contributed by atoms with Crippen molar-refractivity contribution >= 4 is 17.5 Å². The van der Waals surface area contributed by atoms with E-state index in [1.165, 1.54) is 16.8 Å². The van der Waals surface area contributed by atoms with E-state index >= 15 is 0 Å². The number of hydrogen-bond donors (Lipinski definition) is 0. The predicted molar refractivity (Wildman–Crippen MR) is 119 cm³/mol. The lowest BCUT2D eigenvalue weighted by molar-refractivity contribution is 0.0754. The van der Waals surface area contributed by atoms with Gasteiger partial charge in [0.1, 0.15) is 0 Å². The Bertz CT molecular complexity index is 807. The highest BCUT2D eigenvalue weighted by molar-refractivity contribution is 5.93. The van der Waals surface area contributed by atoms with Crippen molar-refractivity contribution in [1.82, 2.24) is 14.9 Å². The topological polar surface area (TPSA) is 52.6 Å². The van der Waals surface area contributed by atoms with E-state index in [9.17, 15) is 4.79 Å². The van der Waals surface area contributed by atoms with E-state index in [1.807, 2.05) is 4.90 Å². The van der Waals surface area contributed by atoms with Crippen LogP contribution in [0.15, 0.2) is 30.6 Å². The van der Waals surface area contributed by atoms with Crippen molar-refractivity contribution in [3.8, 4) is 0 Å². The Kier molecular flexibility index (Phi) is 7.07. The van der Waals surface area contributed by atoms with Crippen LogP contribution >= 0.6 is 0 Å². The van der Waals surface area contributed by atoms with E-state index < -0.39 is 0 Å². The fourth-order valence-corrected chi connectivity index (χ4v) is 3.86. The van der Waals surface area contributed by atoms with Crippen molar-refractivity contribution in [2.45, 2.75) is 40.5 Å². The van der Waals surface area contributed by atoms with Gasteiger partial charge in [-0.25, -0.2) is 9.97 Å². The molecule has 6 heteroatoms. The summed E-state index contributed by atoms with van der Waals surface area (Å²) >= 11 is 0. The lowest BCUT2D eigenvalue weighted by atomic mass is 10.1. The molecule has 3 rings (SSSR count). The van der Waals surface area contributed by atoms with E-state index in [4.69, 9.17) is 0 Å². The third-order valence-corrected chi connectivity index (χ3v) is 5.64. The first-order valence-electron chi connectivity index (χ1n) is 10.7. The summed E-state index contributed by atoms with van der Waals surface area (Å²) in [6, 6.07) is 6.49. The van der Waals surface area contributed by atoms with Gasteiger partial charge in [0, 0.05) is 57.3 Å². The van der Waals surface area contributed by atoms with Gasteiger partial charge in [-0.3, -0.25) is 4.79 Å². The molecule has 1 aromatic carbocycles. The maximum atomic E-state index is 12.7. The van der Waals surface area contributed by atoms with Gasteiger partial charge in [0.2, 0.25) is 5.95 Å². The predicted octanol–water partition coefficient (Wildman–Crippen LogP) is 3.68. The number of carbonyl (C=O) groups excluding carboxylic acids is 1. The average molecular weight is 396 g/mol. The minimum atomic E-state index is 0.0278. The van der Waals surface area contributed by atoms with Crippen LogP contribution in [0.1, 0.15) is 48.2 Å². The fraction of sp³-hybridized carbons (Fsp3) is 0.522. The highest BCUT2D eigenvalue weighted by atomic mass is 16.2. The molecular formula is C23H33N5O. The van der Waals surface area contributed by atoms with Crippen molar-refractivity contribution in [3.63, 3.8) is 0 Å². The van der Waals surface area contributed by atoms with Crippen LogP contribution in [0.25, 0.3) is 0 Å². The number of anilines is 2. The minimum Gasteiger partial charge on any atom is -0.368 e. The molecule has 29 heavy (non-hydrogen) atoms. The van der Waals surface area contributed by atoms with Crippen LogP contribution in [0.2, 0.25) is 0 Å². The second kappa shape index (κ2) is 9.72. The lowest BCUT2D eigenvalue weighted by Crippen LogP contribution is -2.47. The highest BCUT2D eigenvalue weighted by Crippen LogP contribution is 2.24. The summed E-state index contributed by atoms with van der Waals surface area (Å²) in [5, 5.41) is 0. The quantitative estimate of drug-likeness (QED) is 0.716. The molecule has 6 nitrogen and oxygen atoms in total. The van der Waals surface area contributed by atoms with Crippen LogP contribution in [-0.2, 0) is 0 Å². The summed E-state index contributed by atoms with van der Waals surface area (Å²) in [5.74, 6) is 0.736. The van der Waals surface area contributed by atoms with Crippen molar-refractivity contribution in [3.05, 3.63) is 47.3 Å². The molecule has 0 aliphatic carbocycles. The molecule has 1 saturated heterocycles. The van der Waals surface area contributed by atoms with E-state index in [0.717, 1.165) is 52.1 Å². The summed E-state index contributed by atoms with van der Waals surface area (Å²) in [4.78, 5) is 28.2. The molecule has 0 N–H and O–H groups in total. The standard InChI is InChI=1S/C23H33N5O/c1-5-10-27(11-6-2)22(29)20-16-24-23(25-17-20)28-14-12-26(13-15-28)21-9-7-8-18(3)19(21)4/h7-9,16-17H,5-6,10-15H2,1-4H3. The molecule has 1 amide bonds. The molecule has 0 bridgehead atoms. The number of aromatic nitrogens is 2. The van der Waals surface area contributed by atoms with Crippen LogP contribution in [0.3, 0.4) is 0 Å². The first-order valence-corrected chi connectivity index (χ1v) is 10.7. The van der Waals surface area contributed by atoms with Crippen molar-refractivity contribution in [2.75, 3.05) is 49.1 Å². The Labute approximate surface area is 174 Å². The normalized spacial score (nSPS) is 14.2. The van der Waals surface area contributed by atoms with E-state index in [1.54, 1.807) is 12.4 Å². The number of hydrogen-bond acceptors (Lipinski definition) is 5. The van der Waals surface area contributed by atoms with Gasteiger partial charge in [0.25, 0.3) is 5.91 Å². The van der Waals surface area contributed by atoms with Gasteiger partial charge in [-0.15, -0.1) is 0 Å². The number of aryl methyl sites for hydroxylation is 1. The molecule has 0 atom stereocenters. The second-order valence-corrected chi connectivity index (χ2v) is 7.76. The Morgan fingerprint density at radius 1 is 0.966 bits per heavy atom. The summed E-state index contributed by atoms with van der Waals surface area (Å²) in [6.45, 7) is 13.7. The van der Waals surface area contributed by atoms with E-state index in [-0.39, 0.29) is 5.91 Å². The van der Waals surface area contributed by atoms with Crippen LogP contribution in [0.4, 0.5) is 11.6 Å². The molecule has 1 aliphatic heterocycles. The Morgan fingerprint density at radius 2 is 1.55 bits per heavy atom. The molecule has 1 aromatic heterocycles. The molecule has 1 aliphatic rings. The maximum Gasteiger partial charge on any atom is 0.256 e. The summed E-state index contributed by atoms with van der Waals surface area (Å²) in [5.41, 5.74) is 4.57. The maximum absolute atomic E-state index is 12.7. The van der Waals surface area contributed by atoms with Gasteiger partial charge in [-0.05, 0) is 43.9 Å². The van der Waals surface area contributed by atoms with Gasteiger partial charge >= 0.3 is 0 Å². The zero-order chi connectivity index (χ0) is 20.8. The SMILES string of the molecule is CCCN(CCC)C(=O)c1cnc(N2CCN(c3cccc(C)c3C)CC2)nc1. The van der Waals surface area contributed by atoms with Crippen LogP contribution in [-0.4, -0.2) is 60.0 Å². The Morgan fingerprint density at radius 3 is 2.14 bits per heavy atom. The van der Waals surface area contributed by atoms with E-state index in [2.05, 4.69) is 65.7 Å². The van der Waals surface area contributed by atoms with Gasteiger partial charge in [0.15, 0.2) is 0 Å². The average Bonchev–Trinajstić information content (AvgIpc) is 2.75. The summed E-state index contributed by atoms with van der Waals surface area (Å²) in [7, 11) is 0. The van der Waals surface area contributed by atoms with E-state index in [0.29, 0.717) is 11.5 Å².